The van der Waals surface area contributed by atoms with Crippen LogP contribution in [-0.4, -0.2) is 46.1 Å². The molecule has 0 saturated carbocycles. The van der Waals surface area contributed by atoms with Crippen LogP contribution >= 0.6 is 12.2 Å². The lowest BCUT2D eigenvalue weighted by molar-refractivity contribution is -0.0897. The largest absolute Gasteiger partial charge is 0.372 e. The van der Waals surface area contributed by atoms with Crippen molar-refractivity contribution in [3.05, 3.63) is 28.3 Å². The number of ether oxygens (including phenoxy) is 1. The highest BCUT2D eigenvalue weighted by Gasteiger charge is 2.33. The molecule has 2 aromatic rings. The van der Waals surface area contributed by atoms with E-state index >= 15 is 0 Å². The average molecular weight is 323 g/mol. The molecule has 22 heavy (non-hydrogen) atoms. The van der Waals surface area contributed by atoms with Crippen molar-refractivity contribution < 1.29 is 13.9 Å². The van der Waals surface area contributed by atoms with Gasteiger partial charge in [0.15, 0.2) is 4.77 Å². The van der Waals surface area contributed by atoms with Crippen molar-refractivity contribution in [2.45, 2.75) is 25.9 Å². The zero-order valence-corrected chi connectivity index (χ0v) is 13.3. The lowest BCUT2D eigenvalue weighted by Gasteiger charge is -2.40. The Morgan fingerprint density at radius 2 is 2.27 bits per heavy atom. The molecule has 1 aromatic carbocycles. The molecule has 1 saturated heterocycles. The highest BCUT2D eigenvalue weighted by molar-refractivity contribution is 7.71. The van der Waals surface area contributed by atoms with Crippen LogP contribution in [0.2, 0.25) is 0 Å². The topological polar surface area (TPSA) is 61.1 Å². The molecule has 1 fully saturated rings. The summed E-state index contributed by atoms with van der Waals surface area (Å²) < 4.78 is 19.9. The minimum atomic E-state index is -0.465. The number of hydrogen-bond acceptors (Lipinski definition) is 3. The Labute approximate surface area is 132 Å². The lowest BCUT2D eigenvalue weighted by Crippen LogP contribution is -2.51. The summed E-state index contributed by atoms with van der Waals surface area (Å²) in [5.74, 6) is -0.676. The van der Waals surface area contributed by atoms with Crippen LogP contribution in [0.15, 0.2) is 12.1 Å². The monoisotopic (exact) mass is 323 g/mol. The van der Waals surface area contributed by atoms with E-state index in [4.69, 9.17) is 17.0 Å². The molecule has 2 N–H and O–H groups in total. The molecule has 1 aliphatic rings. The molecule has 118 valence electrons. The molecule has 0 unspecified atom stereocenters. The first kappa shape index (κ1) is 15.2. The fourth-order valence-electron chi connectivity index (χ4n) is 2.76. The number of fused-ring (bicyclic) bond motifs is 1. The molecule has 5 nitrogen and oxygen atoms in total. The van der Waals surface area contributed by atoms with Gasteiger partial charge in [0, 0.05) is 13.1 Å². The van der Waals surface area contributed by atoms with E-state index < -0.39 is 5.82 Å². The number of aromatic amines is 2. The third kappa shape index (κ3) is 2.66. The number of morpholine rings is 1. The van der Waals surface area contributed by atoms with Crippen LogP contribution in [0, 0.1) is 10.6 Å². The van der Waals surface area contributed by atoms with Crippen LogP contribution in [0.25, 0.3) is 11.0 Å². The van der Waals surface area contributed by atoms with Crippen molar-refractivity contribution in [2.75, 3.05) is 19.7 Å². The number of carbonyl (C=O) groups is 1. The summed E-state index contributed by atoms with van der Waals surface area (Å²) in [5.41, 5.74) is 0.981. The molecule has 0 bridgehead atoms. The molecular formula is C15H18FN3O2S. The van der Waals surface area contributed by atoms with Gasteiger partial charge in [0.2, 0.25) is 0 Å². The van der Waals surface area contributed by atoms with E-state index in [0.29, 0.717) is 41.1 Å². The summed E-state index contributed by atoms with van der Waals surface area (Å²) in [4.78, 5) is 20.3. The van der Waals surface area contributed by atoms with Gasteiger partial charge in [0.1, 0.15) is 5.82 Å². The number of aromatic nitrogens is 2. The van der Waals surface area contributed by atoms with Crippen LogP contribution < -0.4 is 0 Å². The summed E-state index contributed by atoms with van der Waals surface area (Å²) in [6.07, 6.45) is 0.807. The summed E-state index contributed by atoms with van der Waals surface area (Å²) in [7, 11) is 0. The number of nitrogens with one attached hydrogen (secondary N) is 2. The number of halogens is 1. The van der Waals surface area contributed by atoms with Gasteiger partial charge < -0.3 is 19.6 Å². The minimum Gasteiger partial charge on any atom is -0.372 e. The second kappa shape index (κ2) is 5.48. The lowest BCUT2D eigenvalue weighted by atomic mass is 10.00. The maximum Gasteiger partial charge on any atom is 0.256 e. The minimum absolute atomic E-state index is 0.210. The number of benzene rings is 1. The van der Waals surface area contributed by atoms with Gasteiger partial charge in [-0.05, 0) is 37.7 Å². The van der Waals surface area contributed by atoms with Crippen molar-refractivity contribution in [2.24, 2.45) is 0 Å². The van der Waals surface area contributed by atoms with E-state index in [1.165, 1.54) is 12.1 Å². The van der Waals surface area contributed by atoms with Gasteiger partial charge in [-0.3, -0.25) is 4.79 Å². The Morgan fingerprint density at radius 3 is 3.00 bits per heavy atom. The molecule has 0 radical (unpaired) electrons. The van der Waals surface area contributed by atoms with Crippen LogP contribution in [0.3, 0.4) is 0 Å². The van der Waals surface area contributed by atoms with E-state index in [-0.39, 0.29) is 11.5 Å². The number of amides is 1. The summed E-state index contributed by atoms with van der Waals surface area (Å²) in [6.45, 7) is 5.48. The van der Waals surface area contributed by atoms with Crippen LogP contribution in [0.5, 0.6) is 0 Å². The van der Waals surface area contributed by atoms with E-state index in [0.717, 1.165) is 6.42 Å². The Kier molecular flexibility index (Phi) is 3.78. The predicted octanol–water partition coefficient (Wildman–Crippen LogP) is 3.01. The van der Waals surface area contributed by atoms with Crippen molar-refractivity contribution in [1.82, 2.24) is 14.9 Å². The van der Waals surface area contributed by atoms with Gasteiger partial charge in [0.25, 0.3) is 5.91 Å². The van der Waals surface area contributed by atoms with Gasteiger partial charge in [0.05, 0.1) is 28.8 Å². The molecule has 7 heteroatoms. The van der Waals surface area contributed by atoms with Gasteiger partial charge >= 0.3 is 0 Å². The smallest absolute Gasteiger partial charge is 0.256 e. The molecule has 3 rings (SSSR count). The number of H-pyrrole nitrogens is 2. The number of rotatable bonds is 2. The molecule has 0 aliphatic carbocycles. The zero-order chi connectivity index (χ0) is 15.9. The standard InChI is InChI=1S/C15H18FN3O2S/c1-3-15(2)8-19(4-5-21-15)13(20)10-6-9(16)7-11-12(10)18-14(22)17-11/h6-7H,3-5,8H2,1-2H3,(H2,17,18,22)/t15-/m0/s1. The van der Waals surface area contributed by atoms with Crippen molar-refractivity contribution in [3.8, 4) is 0 Å². The Morgan fingerprint density at radius 1 is 1.50 bits per heavy atom. The summed E-state index contributed by atoms with van der Waals surface area (Å²) in [6, 6.07) is 2.58. The molecule has 1 aromatic heterocycles. The highest BCUT2D eigenvalue weighted by atomic mass is 32.1. The molecule has 1 aliphatic heterocycles. The van der Waals surface area contributed by atoms with Crippen LogP contribution in [0.4, 0.5) is 4.39 Å². The van der Waals surface area contributed by atoms with E-state index in [2.05, 4.69) is 9.97 Å². The van der Waals surface area contributed by atoms with Crippen molar-refractivity contribution in [1.29, 1.82) is 0 Å². The second-order valence-electron chi connectivity index (χ2n) is 5.83. The Bertz CT molecular complexity index is 785. The first-order chi connectivity index (χ1) is 10.4. The molecule has 1 amide bonds. The SMILES string of the molecule is CC[C@@]1(C)CN(C(=O)c2cc(F)cc3[nH]c(=S)[nH]c23)CCO1. The molecule has 1 atom stereocenters. The predicted molar refractivity (Wildman–Crippen MR) is 84.0 cm³/mol. The summed E-state index contributed by atoms with van der Waals surface area (Å²) >= 11 is 5.04. The van der Waals surface area contributed by atoms with Gasteiger partial charge in [-0.2, -0.15) is 0 Å². The summed E-state index contributed by atoms with van der Waals surface area (Å²) in [5, 5.41) is 0. The van der Waals surface area contributed by atoms with Crippen molar-refractivity contribution in [3.63, 3.8) is 0 Å². The first-order valence-corrected chi connectivity index (χ1v) is 7.67. The third-order valence-electron chi connectivity index (χ3n) is 4.19. The third-order valence-corrected chi connectivity index (χ3v) is 4.40. The molecule has 0 spiro atoms. The maximum absolute atomic E-state index is 13.8. The van der Waals surface area contributed by atoms with E-state index in [1.807, 2.05) is 13.8 Å². The number of nitrogens with zero attached hydrogens (tertiary/aromatic N) is 1. The molecular weight excluding hydrogens is 305 g/mol. The van der Waals surface area contributed by atoms with E-state index in [9.17, 15) is 9.18 Å². The Balaban J connectivity index is 2.00. The maximum atomic E-state index is 13.8. The number of hydrogen-bond donors (Lipinski definition) is 2. The Hall–Kier alpha value is -1.73. The van der Waals surface area contributed by atoms with Crippen molar-refractivity contribution >= 4 is 29.2 Å². The number of imidazole rings is 1. The normalized spacial score (nSPS) is 22.2. The fraction of sp³-hybridized carbons (Fsp3) is 0.467. The first-order valence-electron chi connectivity index (χ1n) is 7.27. The van der Waals surface area contributed by atoms with Gasteiger partial charge in [-0.1, -0.05) is 6.92 Å². The van der Waals surface area contributed by atoms with Crippen LogP contribution in [0.1, 0.15) is 30.6 Å². The van der Waals surface area contributed by atoms with Gasteiger partial charge in [-0.25, -0.2) is 4.39 Å². The van der Waals surface area contributed by atoms with Crippen LogP contribution in [-0.2, 0) is 4.74 Å². The molecule has 2 heterocycles. The van der Waals surface area contributed by atoms with E-state index in [1.54, 1.807) is 4.90 Å². The quantitative estimate of drug-likeness (QED) is 0.835. The number of carbonyl (C=O) groups excluding carboxylic acids is 1. The second-order valence-corrected chi connectivity index (χ2v) is 6.24. The fourth-order valence-corrected chi connectivity index (χ4v) is 2.98. The average Bonchev–Trinajstić information content (AvgIpc) is 2.85. The van der Waals surface area contributed by atoms with Gasteiger partial charge in [-0.15, -0.1) is 0 Å². The highest BCUT2D eigenvalue weighted by Crippen LogP contribution is 2.25. The zero-order valence-electron chi connectivity index (χ0n) is 12.5.